The fraction of sp³-hybridized carbons (Fsp3) is 0.389. The molecule has 3 rings (SSSR count). The van der Waals surface area contributed by atoms with Gasteiger partial charge in [0.2, 0.25) is 0 Å². The van der Waals surface area contributed by atoms with Crippen molar-refractivity contribution in [2.75, 3.05) is 36.2 Å². The van der Waals surface area contributed by atoms with Crippen LogP contribution in [0, 0.1) is 0 Å². The largest absolute Gasteiger partial charge is 0.396 e. The maximum absolute atomic E-state index is 8.84. The summed E-state index contributed by atoms with van der Waals surface area (Å²) in [5, 5.41) is 12.3. The fourth-order valence-corrected chi connectivity index (χ4v) is 3.53. The minimum Gasteiger partial charge on any atom is -0.396 e. The zero-order valence-corrected chi connectivity index (χ0v) is 14.3. The van der Waals surface area contributed by atoms with Gasteiger partial charge in [-0.1, -0.05) is 12.1 Å². The van der Waals surface area contributed by atoms with Crippen LogP contribution in [-0.2, 0) is 18.7 Å². The zero-order chi connectivity index (χ0) is 16.1. The van der Waals surface area contributed by atoms with Crippen molar-refractivity contribution in [3.8, 4) is 0 Å². The molecule has 1 aromatic carbocycles. The molecule has 0 fully saturated rings. The van der Waals surface area contributed by atoms with Gasteiger partial charge >= 0.3 is 0 Å². The highest BCUT2D eigenvalue weighted by Crippen LogP contribution is 2.27. The van der Waals surface area contributed by atoms with Crippen LogP contribution in [0.1, 0.15) is 16.7 Å². The molecule has 2 N–H and O–H groups in total. The molecule has 0 saturated carbocycles. The summed E-state index contributed by atoms with van der Waals surface area (Å²) >= 11 is 1.73. The minimum atomic E-state index is 0.231. The van der Waals surface area contributed by atoms with E-state index < -0.39 is 0 Å². The van der Waals surface area contributed by atoms with Gasteiger partial charge < -0.3 is 15.3 Å². The first-order chi connectivity index (χ1) is 11.3. The van der Waals surface area contributed by atoms with Crippen molar-refractivity contribution < 1.29 is 5.11 Å². The van der Waals surface area contributed by atoms with Crippen molar-refractivity contribution in [2.24, 2.45) is 0 Å². The molecular formula is C18H23N3OS. The van der Waals surface area contributed by atoms with Crippen LogP contribution in [0.15, 0.2) is 36.5 Å². The van der Waals surface area contributed by atoms with Crippen molar-refractivity contribution in [1.82, 2.24) is 4.98 Å². The summed E-state index contributed by atoms with van der Waals surface area (Å²) in [4.78, 5) is 6.70. The molecule has 0 unspecified atom stereocenters. The molecule has 2 heterocycles. The van der Waals surface area contributed by atoms with Crippen LogP contribution >= 0.6 is 11.8 Å². The van der Waals surface area contributed by atoms with E-state index in [1.165, 1.54) is 22.4 Å². The molecular weight excluding hydrogens is 306 g/mol. The Morgan fingerprint density at radius 2 is 2.17 bits per heavy atom. The number of aromatic nitrogens is 1. The summed E-state index contributed by atoms with van der Waals surface area (Å²) in [6.45, 7) is 2.13. The molecule has 0 amide bonds. The number of nitrogens with one attached hydrogen (secondary N) is 1. The molecule has 1 aromatic heterocycles. The molecule has 1 aliphatic rings. The normalized spacial score (nSPS) is 13.2. The number of nitrogens with zero attached hydrogens (tertiary/aromatic N) is 2. The van der Waals surface area contributed by atoms with Crippen LogP contribution in [0.3, 0.4) is 0 Å². The van der Waals surface area contributed by atoms with Gasteiger partial charge in [-0.05, 0) is 41.3 Å². The van der Waals surface area contributed by atoms with Gasteiger partial charge in [-0.3, -0.25) is 0 Å². The van der Waals surface area contributed by atoms with Gasteiger partial charge in [0.25, 0.3) is 0 Å². The standard InChI is InChI=1S/C18H23N3OS/c1-21-7-5-16-10-14(2-3-17(16)21)12-20-18-11-15(4-6-19-18)13-23-9-8-22/h2-4,6,10-11,22H,5,7-9,12-13H2,1H3,(H,19,20). The van der Waals surface area contributed by atoms with E-state index in [4.69, 9.17) is 5.11 Å². The second kappa shape index (κ2) is 7.70. The highest BCUT2D eigenvalue weighted by atomic mass is 32.2. The van der Waals surface area contributed by atoms with Gasteiger partial charge in [0, 0.05) is 43.5 Å². The molecule has 23 heavy (non-hydrogen) atoms. The topological polar surface area (TPSA) is 48.4 Å². The van der Waals surface area contributed by atoms with E-state index in [9.17, 15) is 0 Å². The van der Waals surface area contributed by atoms with Gasteiger partial charge in [0.1, 0.15) is 5.82 Å². The van der Waals surface area contributed by atoms with Gasteiger partial charge in [-0.15, -0.1) is 0 Å². The maximum Gasteiger partial charge on any atom is 0.126 e. The Balaban J connectivity index is 1.59. The lowest BCUT2D eigenvalue weighted by atomic mass is 10.1. The van der Waals surface area contributed by atoms with E-state index in [0.717, 1.165) is 36.8 Å². The monoisotopic (exact) mass is 329 g/mol. The summed E-state index contributed by atoms with van der Waals surface area (Å²) in [5.74, 6) is 2.59. The van der Waals surface area contributed by atoms with Gasteiger partial charge in [-0.2, -0.15) is 11.8 Å². The highest BCUT2D eigenvalue weighted by molar-refractivity contribution is 7.98. The van der Waals surface area contributed by atoms with Crippen molar-refractivity contribution in [3.05, 3.63) is 53.2 Å². The molecule has 0 spiro atoms. The number of likely N-dealkylation sites (N-methyl/N-ethyl adjacent to an activating group) is 1. The third kappa shape index (κ3) is 4.18. The second-order valence-electron chi connectivity index (χ2n) is 5.81. The first-order valence-electron chi connectivity index (χ1n) is 7.96. The Labute approximate surface area is 141 Å². The molecule has 1 aliphatic heterocycles. The lowest BCUT2D eigenvalue weighted by molar-refractivity contribution is 0.322. The van der Waals surface area contributed by atoms with E-state index in [-0.39, 0.29) is 6.61 Å². The van der Waals surface area contributed by atoms with Gasteiger partial charge in [-0.25, -0.2) is 4.98 Å². The van der Waals surface area contributed by atoms with Crippen molar-refractivity contribution >= 4 is 23.3 Å². The van der Waals surface area contributed by atoms with E-state index in [2.05, 4.69) is 46.5 Å². The number of hydrogen-bond acceptors (Lipinski definition) is 5. The predicted molar refractivity (Wildman–Crippen MR) is 98.2 cm³/mol. The fourth-order valence-electron chi connectivity index (χ4n) is 2.84. The smallest absolute Gasteiger partial charge is 0.126 e. The summed E-state index contributed by atoms with van der Waals surface area (Å²) in [6.07, 6.45) is 2.98. The first-order valence-corrected chi connectivity index (χ1v) is 9.12. The molecule has 0 bridgehead atoms. The number of thioether (sulfide) groups is 1. The number of anilines is 2. The van der Waals surface area contributed by atoms with Crippen LogP contribution in [0.2, 0.25) is 0 Å². The number of hydrogen-bond donors (Lipinski definition) is 2. The molecule has 5 heteroatoms. The van der Waals surface area contributed by atoms with E-state index in [1.54, 1.807) is 11.8 Å². The molecule has 0 aliphatic carbocycles. The van der Waals surface area contributed by atoms with E-state index >= 15 is 0 Å². The van der Waals surface area contributed by atoms with Crippen LogP contribution in [0.25, 0.3) is 0 Å². The molecule has 0 atom stereocenters. The second-order valence-corrected chi connectivity index (χ2v) is 6.92. The summed E-state index contributed by atoms with van der Waals surface area (Å²) in [5.41, 5.74) is 5.32. The van der Waals surface area contributed by atoms with E-state index in [0.29, 0.717) is 0 Å². The van der Waals surface area contributed by atoms with Crippen molar-refractivity contribution in [1.29, 1.82) is 0 Å². The summed E-state index contributed by atoms with van der Waals surface area (Å²) < 4.78 is 0. The van der Waals surface area contributed by atoms with Crippen molar-refractivity contribution in [3.63, 3.8) is 0 Å². The number of aliphatic hydroxyl groups excluding tert-OH is 1. The van der Waals surface area contributed by atoms with Crippen molar-refractivity contribution in [2.45, 2.75) is 18.7 Å². The molecule has 2 aromatic rings. The third-order valence-electron chi connectivity index (χ3n) is 4.07. The van der Waals surface area contributed by atoms with Crippen LogP contribution in [-0.4, -0.2) is 36.0 Å². The highest BCUT2D eigenvalue weighted by Gasteiger charge is 2.15. The Morgan fingerprint density at radius 3 is 3.04 bits per heavy atom. The quantitative estimate of drug-likeness (QED) is 0.765. The maximum atomic E-state index is 8.84. The minimum absolute atomic E-state index is 0.231. The molecule has 4 nitrogen and oxygen atoms in total. The number of fused-ring (bicyclic) bond motifs is 1. The Morgan fingerprint density at radius 1 is 1.26 bits per heavy atom. The van der Waals surface area contributed by atoms with Crippen LogP contribution in [0.5, 0.6) is 0 Å². The predicted octanol–water partition coefficient (Wildman–Crippen LogP) is 2.91. The SMILES string of the molecule is CN1CCc2cc(CNc3cc(CSCCO)ccn3)ccc21. The number of pyridine rings is 1. The Bertz CT molecular complexity index is 662. The number of benzene rings is 1. The number of aliphatic hydroxyl groups is 1. The Kier molecular flexibility index (Phi) is 5.41. The summed E-state index contributed by atoms with van der Waals surface area (Å²) in [7, 11) is 2.15. The summed E-state index contributed by atoms with van der Waals surface area (Å²) in [6, 6.07) is 10.8. The van der Waals surface area contributed by atoms with Gasteiger partial charge in [0.15, 0.2) is 0 Å². The third-order valence-corrected chi connectivity index (χ3v) is 5.08. The van der Waals surface area contributed by atoms with Gasteiger partial charge in [0.05, 0.1) is 6.61 Å². The molecule has 122 valence electrons. The molecule has 0 radical (unpaired) electrons. The zero-order valence-electron chi connectivity index (χ0n) is 13.5. The average Bonchev–Trinajstić information content (AvgIpc) is 2.94. The number of rotatable bonds is 7. The first kappa shape index (κ1) is 16.1. The Hall–Kier alpha value is -1.72. The van der Waals surface area contributed by atoms with Crippen LogP contribution in [0.4, 0.5) is 11.5 Å². The average molecular weight is 329 g/mol. The lowest BCUT2D eigenvalue weighted by Gasteiger charge is -2.12. The lowest BCUT2D eigenvalue weighted by Crippen LogP contribution is -2.12. The van der Waals surface area contributed by atoms with Crippen LogP contribution < -0.4 is 10.2 Å². The van der Waals surface area contributed by atoms with E-state index in [1.807, 2.05) is 12.3 Å². The molecule has 0 saturated heterocycles.